The topological polar surface area (TPSA) is 47.6 Å². The summed E-state index contributed by atoms with van der Waals surface area (Å²) in [6.45, 7) is 6.01. The maximum Gasteiger partial charge on any atom is 0.313 e. The van der Waals surface area contributed by atoms with Crippen molar-refractivity contribution in [1.29, 1.82) is 0 Å². The third kappa shape index (κ3) is 4.39. The van der Waals surface area contributed by atoms with Gasteiger partial charge in [0.15, 0.2) is 0 Å². The highest BCUT2D eigenvalue weighted by Crippen LogP contribution is 2.21. The van der Waals surface area contributed by atoms with Crippen LogP contribution in [-0.4, -0.2) is 31.8 Å². The Kier molecular flexibility index (Phi) is 6.82. The van der Waals surface area contributed by atoms with Crippen LogP contribution in [0.15, 0.2) is 24.3 Å². The fraction of sp³-hybridized carbons (Fsp3) is 0.533. The summed E-state index contributed by atoms with van der Waals surface area (Å²) in [7, 11) is 0. The van der Waals surface area contributed by atoms with Crippen molar-refractivity contribution in [2.45, 2.75) is 32.3 Å². The molecule has 0 amide bonds. The summed E-state index contributed by atoms with van der Waals surface area (Å²) in [6, 6.07) is 7.70. The lowest BCUT2D eigenvalue weighted by Gasteiger charge is -2.14. The van der Waals surface area contributed by atoms with E-state index in [1.807, 2.05) is 38.1 Å². The molecule has 2 atom stereocenters. The Labute approximate surface area is 126 Å². The lowest BCUT2D eigenvalue weighted by atomic mass is 10.0. The summed E-state index contributed by atoms with van der Waals surface area (Å²) in [5, 5.41) is 3.26. The van der Waals surface area contributed by atoms with E-state index in [-0.39, 0.29) is 30.4 Å². The third-order valence-electron chi connectivity index (χ3n) is 3.34. The van der Waals surface area contributed by atoms with Crippen LogP contribution < -0.4 is 10.1 Å². The number of halogens is 1. The first-order valence-electron chi connectivity index (χ1n) is 6.84. The van der Waals surface area contributed by atoms with Crippen LogP contribution in [0.3, 0.4) is 0 Å². The van der Waals surface area contributed by atoms with Crippen molar-refractivity contribution >= 4 is 18.4 Å². The van der Waals surface area contributed by atoms with Crippen molar-refractivity contribution < 1.29 is 14.3 Å². The first-order valence-corrected chi connectivity index (χ1v) is 6.84. The lowest BCUT2D eigenvalue weighted by molar-refractivity contribution is -0.144. The molecule has 1 unspecified atom stereocenters. The van der Waals surface area contributed by atoms with Crippen LogP contribution in [0.1, 0.15) is 31.7 Å². The minimum absolute atomic E-state index is 0. The minimum atomic E-state index is -0.234. The Morgan fingerprint density at radius 1 is 1.40 bits per heavy atom. The molecule has 0 spiro atoms. The summed E-state index contributed by atoms with van der Waals surface area (Å²) in [6.07, 6.45) is 1.30. The summed E-state index contributed by atoms with van der Waals surface area (Å²) >= 11 is 0. The molecule has 0 aliphatic carbocycles. The molecule has 4 nitrogen and oxygen atoms in total. The number of hydrogen-bond donors (Lipinski definition) is 1. The zero-order chi connectivity index (χ0) is 13.7. The molecule has 1 fully saturated rings. The summed E-state index contributed by atoms with van der Waals surface area (Å²) < 4.78 is 10.9. The number of carbonyl (C=O) groups is 1. The van der Waals surface area contributed by atoms with Crippen molar-refractivity contribution in [3.8, 4) is 5.75 Å². The van der Waals surface area contributed by atoms with Crippen LogP contribution in [0, 0.1) is 0 Å². The van der Waals surface area contributed by atoms with Gasteiger partial charge in [-0.25, -0.2) is 0 Å². The summed E-state index contributed by atoms with van der Waals surface area (Å²) in [5.74, 6) is 0.437. The highest BCUT2D eigenvalue weighted by Gasteiger charge is 2.18. The van der Waals surface area contributed by atoms with Gasteiger partial charge in [0.05, 0.1) is 12.5 Å². The highest BCUT2D eigenvalue weighted by atomic mass is 35.5. The van der Waals surface area contributed by atoms with E-state index in [1.165, 1.54) is 0 Å². The van der Waals surface area contributed by atoms with E-state index >= 15 is 0 Å². The number of esters is 1. The smallest absolute Gasteiger partial charge is 0.313 e. The molecule has 20 heavy (non-hydrogen) atoms. The fourth-order valence-corrected chi connectivity index (χ4v) is 2.16. The van der Waals surface area contributed by atoms with Gasteiger partial charge in [0.25, 0.3) is 0 Å². The molecule has 0 radical (unpaired) electrons. The number of carbonyl (C=O) groups excluding carboxylic acids is 1. The highest BCUT2D eigenvalue weighted by molar-refractivity contribution is 5.85. The van der Waals surface area contributed by atoms with Gasteiger partial charge in [-0.1, -0.05) is 12.1 Å². The molecule has 1 aliphatic heterocycles. The van der Waals surface area contributed by atoms with Crippen molar-refractivity contribution in [1.82, 2.24) is 5.32 Å². The molecule has 1 heterocycles. The average molecular weight is 300 g/mol. The molecular weight excluding hydrogens is 278 g/mol. The number of rotatable bonds is 5. The Hall–Kier alpha value is -1.26. The van der Waals surface area contributed by atoms with Gasteiger partial charge in [0.1, 0.15) is 11.9 Å². The zero-order valence-corrected chi connectivity index (χ0v) is 12.7. The number of nitrogens with one attached hydrogen (secondary N) is 1. The van der Waals surface area contributed by atoms with E-state index in [1.54, 1.807) is 0 Å². The second-order valence-electron chi connectivity index (χ2n) is 4.78. The van der Waals surface area contributed by atoms with Crippen molar-refractivity contribution in [3.63, 3.8) is 0 Å². The van der Waals surface area contributed by atoms with Crippen LogP contribution in [0.4, 0.5) is 0 Å². The van der Waals surface area contributed by atoms with E-state index in [2.05, 4.69) is 5.32 Å². The second-order valence-corrected chi connectivity index (χ2v) is 4.78. The maximum atomic E-state index is 11.6. The van der Waals surface area contributed by atoms with E-state index < -0.39 is 0 Å². The molecule has 112 valence electrons. The van der Waals surface area contributed by atoms with Crippen LogP contribution in [0.5, 0.6) is 5.75 Å². The first kappa shape index (κ1) is 16.8. The van der Waals surface area contributed by atoms with Gasteiger partial charge < -0.3 is 14.8 Å². The summed E-state index contributed by atoms with van der Waals surface area (Å²) in [4.78, 5) is 11.6. The molecule has 5 heteroatoms. The Morgan fingerprint density at radius 2 is 2.10 bits per heavy atom. The van der Waals surface area contributed by atoms with E-state index in [0.717, 1.165) is 30.8 Å². The Balaban J connectivity index is 0.00000200. The lowest BCUT2D eigenvalue weighted by Crippen LogP contribution is -2.19. The maximum absolute atomic E-state index is 11.6. The van der Waals surface area contributed by atoms with Crippen molar-refractivity contribution in [3.05, 3.63) is 29.8 Å². The molecule has 0 aromatic heterocycles. The zero-order valence-electron chi connectivity index (χ0n) is 11.9. The molecule has 0 bridgehead atoms. The standard InChI is InChI=1S/C15H21NO3.ClH/c1-3-18-15(17)11(2)12-4-6-13(7-5-12)19-14-8-9-16-10-14;/h4-7,11,14,16H,3,8-10H2,1-2H3;1H/t11?,14-;/m1./s1. The summed E-state index contributed by atoms with van der Waals surface area (Å²) in [5.41, 5.74) is 0.954. The van der Waals surface area contributed by atoms with Crippen LogP contribution >= 0.6 is 12.4 Å². The van der Waals surface area contributed by atoms with Gasteiger partial charge in [0.2, 0.25) is 0 Å². The molecule has 2 rings (SSSR count). The molecule has 0 saturated carbocycles. The van der Waals surface area contributed by atoms with Gasteiger partial charge in [-0.05, 0) is 44.5 Å². The van der Waals surface area contributed by atoms with Crippen LogP contribution in [0.2, 0.25) is 0 Å². The van der Waals surface area contributed by atoms with E-state index in [0.29, 0.717) is 6.61 Å². The molecule has 1 aromatic rings. The van der Waals surface area contributed by atoms with Crippen molar-refractivity contribution in [2.75, 3.05) is 19.7 Å². The Morgan fingerprint density at radius 3 is 2.65 bits per heavy atom. The number of benzene rings is 1. The van der Waals surface area contributed by atoms with Gasteiger partial charge >= 0.3 is 5.97 Å². The molecule has 1 N–H and O–H groups in total. The average Bonchev–Trinajstić information content (AvgIpc) is 2.92. The largest absolute Gasteiger partial charge is 0.489 e. The third-order valence-corrected chi connectivity index (χ3v) is 3.34. The van der Waals surface area contributed by atoms with Gasteiger partial charge in [-0.3, -0.25) is 4.79 Å². The molecule has 1 saturated heterocycles. The monoisotopic (exact) mass is 299 g/mol. The molecular formula is C15H22ClNO3. The van der Waals surface area contributed by atoms with E-state index in [4.69, 9.17) is 9.47 Å². The second kappa shape index (κ2) is 8.12. The van der Waals surface area contributed by atoms with Crippen LogP contribution in [0.25, 0.3) is 0 Å². The number of ether oxygens (including phenoxy) is 2. The predicted octanol–water partition coefficient (Wildman–Crippen LogP) is 2.52. The molecule has 1 aromatic carbocycles. The Bertz CT molecular complexity index is 416. The SMILES string of the molecule is CCOC(=O)C(C)c1ccc(O[C@@H]2CCNC2)cc1.Cl. The fourth-order valence-electron chi connectivity index (χ4n) is 2.16. The minimum Gasteiger partial charge on any atom is -0.489 e. The quantitative estimate of drug-likeness (QED) is 0.849. The van der Waals surface area contributed by atoms with Crippen molar-refractivity contribution in [2.24, 2.45) is 0 Å². The van der Waals surface area contributed by atoms with E-state index in [9.17, 15) is 4.79 Å². The normalized spacial score (nSPS) is 19.0. The number of hydrogen-bond acceptors (Lipinski definition) is 4. The van der Waals surface area contributed by atoms with Gasteiger partial charge in [-0.15, -0.1) is 12.4 Å². The molecule has 1 aliphatic rings. The predicted molar refractivity (Wildman–Crippen MR) is 80.6 cm³/mol. The first-order chi connectivity index (χ1) is 9.20. The van der Waals surface area contributed by atoms with Gasteiger partial charge in [0, 0.05) is 6.54 Å². The van der Waals surface area contributed by atoms with Gasteiger partial charge in [-0.2, -0.15) is 0 Å². The van der Waals surface area contributed by atoms with Crippen LogP contribution in [-0.2, 0) is 9.53 Å².